The summed E-state index contributed by atoms with van der Waals surface area (Å²) in [5, 5.41) is 0. The Bertz CT molecular complexity index is 320. The molecule has 0 heterocycles. The molecule has 1 aromatic rings. The lowest BCUT2D eigenvalue weighted by molar-refractivity contribution is -0.896. The van der Waals surface area contributed by atoms with Gasteiger partial charge in [0.2, 0.25) is 0 Å². The number of benzene rings is 1. The Kier molecular flexibility index (Phi) is 6.33. The minimum Gasteiger partial charge on any atom is -0.459 e. The molecule has 0 bridgehead atoms. The Morgan fingerprint density at radius 2 is 1.82 bits per heavy atom. The van der Waals surface area contributed by atoms with Gasteiger partial charge in [0.15, 0.2) is 0 Å². The van der Waals surface area contributed by atoms with E-state index in [1.165, 1.54) is 4.90 Å². The highest BCUT2D eigenvalue weighted by molar-refractivity contribution is 5.72. The van der Waals surface area contributed by atoms with Crippen LogP contribution >= 0.6 is 0 Å². The van der Waals surface area contributed by atoms with E-state index in [0.29, 0.717) is 13.0 Å². The van der Waals surface area contributed by atoms with Crippen molar-refractivity contribution in [2.45, 2.75) is 20.3 Å². The number of likely N-dealkylation sites (N-methyl/N-ethyl adjacent to an activating group) is 1. The van der Waals surface area contributed by atoms with Crippen LogP contribution in [0.25, 0.3) is 0 Å². The van der Waals surface area contributed by atoms with Gasteiger partial charge in [-0.15, -0.1) is 0 Å². The highest BCUT2D eigenvalue weighted by atomic mass is 16.5. The average Bonchev–Trinajstić information content (AvgIpc) is 2.36. The Morgan fingerprint density at radius 3 is 2.41 bits per heavy atom. The van der Waals surface area contributed by atoms with E-state index in [4.69, 9.17) is 4.74 Å². The van der Waals surface area contributed by atoms with Crippen LogP contribution in [-0.4, -0.2) is 32.2 Å². The SMILES string of the molecule is CC[NH+](CC)CCOC(=O)Cc1ccccc1. The third kappa shape index (κ3) is 5.50. The summed E-state index contributed by atoms with van der Waals surface area (Å²) in [6, 6.07) is 9.69. The molecule has 3 heteroatoms. The van der Waals surface area contributed by atoms with Crippen LogP contribution in [0.2, 0.25) is 0 Å². The number of carbonyl (C=O) groups excluding carboxylic acids is 1. The van der Waals surface area contributed by atoms with Gasteiger partial charge in [-0.05, 0) is 19.4 Å². The first kappa shape index (κ1) is 13.7. The zero-order valence-electron chi connectivity index (χ0n) is 10.7. The summed E-state index contributed by atoms with van der Waals surface area (Å²) in [6.45, 7) is 7.85. The number of esters is 1. The van der Waals surface area contributed by atoms with Gasteiger partial charge in [0, 0.05) is 0 Å². The van der Waals surface area contributed by atoms with Crippen LogP contribution in [0.3, 0.4) is 0 Å². The van der Waals surface area contributed by atoms with Crippen LogP contribution in [0.1, 0.15) is 19.4 Å². The van der Waals surface area contributed by atoms with Gasteiger partial charge in [-0.1, -0.05) is 30.3 Å². The van der Waals surface area contributed by atoms with E-state index in [1.807, 2.05) is 30.3 Å². The van der Waals surface area contributed by atoms with Gasteiger partial charge < -0.3 is 9.64 Å². The maximum atomic E-state index is 11.5. The van der Waals surface area contributed by atoms with Gasteiger partial charge >= 0.3 is 5.97 Å². The molecule has 0 aliphatic rings. The largest absolute Gasteiger partial charge is 0.459 e. The smallest absolute Gasteiger partial charge is 0.310 e. The lowest BCUT2D eigenvalue weighted by atomic mass is 10.2. The number of hydrogen-bond acceptors (Lipinski definition) is 2. The number of hydrogen-bond donors (Lipinski definition) is 1. The van der Waals surface area contributed by atoms with Crippen LogP contribution in [0.4, 0.5) is 0 Å². The molecule has 0 saturated heterocycles. The van der Waals surface area contributed by atoms with Crippen molar-refractivity contribution in [3.05, 3.63) is 35.9 Å². The van der Waals surface area contributed by atoms with Crippen molar-refractivity contribution in [2.75, 3.05) is 26.2 Å². The van der Waals surface area contributed by atoms with E-state index in [2.05, 4.69) is 13.8 Å². The van der Waals surface area contributed by atoms with E-state index < -0.39 is 0 Å². The molecular weight excluding hydrogens is 214 g/mol. The minimum atomic E-state index is -0.136. The van der Waals surface area contributed by atoms with Gasteiger partial charge in [0.1, 0.15) is 13.2 Å². The normalized spacial score (nSPS) is 10.5. The molecule has 0 unspecified atom stereocenters. The zero-order chi connectivity index (χ0) is 12.5. The van der Waals surface area contributed by atoms with Gasteiger partial charge in [-0.2, -0.15) is 0 Å². The minimum absolute atomic E-state index is 0.136. The van der Waals surface area contributed by atoms with Crippen molar-refractivity contribution in [1.29, 1.82) is 0 Å². The summed E-state index contributed by atoms with van der Waals surface area (Å²) in [7, 11) is 0. The maximum Gasteiger partial charge on any atom is 0.310 e. The highest BCUT2D eigenvalue weighted by Gasteiger charge is 2.07. The first-order valence-corrected chi connectivity index (χ1v) is 6.29. The second-order valence-corrected chi connectivity index (χ2v) is 4.09. The van der Waals surface area contributed by atoms with Crippen molar-refractivity contribution in [2.24, 2.45) is 0 Å². The third-order valence-corrected chi connectivity index (χ3v) is 2.91. The van der Waals surface area contributed by atoms with Gasteiger partial charge in [0.05, 0.1) is 19.5 Å². The molecule has 0 aliphatic carbocycles. The molecule has 0 saturated carbocycles. The van der Waals surface area contributed by atoms with E-state index in [1.54, 1.807) is 0 Å². The predicted molar refractivity (Wildman–Crippen MR) is 68.0 cm³/mol. The lowest BCUT2D eigenvalue weighted by Crippen LogP contribution is -3.11. The summed E-state index contributed by atoms with van der Waals surface area (Å²) >= 11 is 0. The number of quaternary nitrogens is 1. The summed E-state index contributed by atoms with van der Waals surface area (Å²) in [5.74, 6) is -0.136. The average molecular weight is 236 g/mol. The molecule has 0 atom stereocenters. The summed E-state index contributed by atoms with van der Waals surface area (Å²) in [6.07, 6.45) is 0.369. The second-order valence-electron chi connectivity index (χ2n) is 4.09. The van der Waals surface area contributed by atoms with Crippen molar-refractivity contribution in [3.63, 3.8) is 0 Å². The van der Waals surface area contributed by atoms with Crippen LogP contribution in [0.5, 0.6) is 0 Å². The van der Waals surface area contributed by atoms with E-state index in [0.717, 1.165) is 25.2 Å². The number of rotatable bonds is 7. The molecule has 17 heavy (non-hydrogen) atoms. The van der Waals surface area contributed by atoms with Crippen molar-refractivity contribution >= 4 is 5.97 Å². The van der Waals surface area contributed by atoms with Gasteiger partial charge in [-0.3, -0.25) is 4.79 Å². The molecule has 94 valence electrons. The molecule has 0 aromatic heterocycles. The lowest BCUT2D eigenvalue weighted by Gasteiger charge is -2.14. The van der Waals surface area contributed by atoms with Crippen LogP contribution < -0.4 is 4.90 Å². The highest BCUT2D eigenvalue weighted by Crippen LogP contribution is 2.00. The molecule has 3 nitrogen and oxygen atoms in total. The van der Waals surface area contributed by atoms with E-state index in [-0.39, 0.29) is 5.97 Å². The van der Waals surface area contributed by atoms with Gasteiger partial charge in [0.25, 0.3) is 0 Å². The Balaban J connectivity index is 2.22. The molecule has 1 rings (SSSR count). The van der Waals surface area contributed by atoms with E-state index in [9.17, 15) is 4.79 Å². The Hall–Kier alpha value is -1.35. The maximum absolute atomic E-state index is 11.5. The van der Waals surface area contributed by atoms with Crippen LogP contribution in [0, 0.1) is 0 Å². The van der Waals surface area contributed by atoms with Crippen LogP contribution in [0.15, 0.2) is 30.3 Å². The quantitative estimate of drug-likeness (QED) is 0.706. The second kappa shape index (κ2) is 7.85. The number of nitrogens with one attached hydrogen (secondary N) is 1. The summed E-state index contributed by atoms with van der Waals surface area (Å²) < 4.78 is 5.22. The molecule has 0 amide bonds. The summed E-state index contributed by atoms with van der Waals surface area (Å²) in [4.78, 5) is 13.0. The van der Waals surface area contributed by atoms with Crippen LogP contribution in [-0.2, 0) is 16.0 Å². The van der Waals surface area contributed by atoms with Crippen molar-refractivity contribution in [3.8, 4) is 0 Å². The number of ether oxygens (including phenoxy) is 1. The third-order valence-electron chi connectivity index (χ3n) is 2.91. The molecule has 0 spiro atoms. The predicted octanol–water partition coefficient (Wildman–Crippen LogP) is 0.697. The fourth-order valence-corrected chi connectivity index (χ4v) is 1.73. The molecular formula is C14H22NO2+. The first-order valence-electron chi connectivity index (χ1n) is 6.29. The van der Waals surface area contributed by atoms with Crippen molar-refractivity contribution < 1.29 is 14.4 Å². The molecule has 1 N–H and O–H groups in total. The van der Waals surface area contributed by atoms with Crippen molar-refractivity contribution in [1.82, 2.24) is 0 Å². The Labute approximate surface area is 103 Å². The monoisotopic (exact) mass is 236 g/mol. The number of carbonyl (C=O) groups is 1. The zero-order valence-corrected chi connectivity index (χ0v) is 10.7. The first-order chi connectivity index (χ1) is 8.26. The fourth-order valence-electron chi connectivity index (χ4n) is 1.73. The molecule has 0 aliphatic heterocycles. The molecule has 1 aromatic carbocycles. The Morgan fingerprint density at radius 1 is 1.18 bits per heavy atom. The van der Waals surface area contributed by atoms with E-state index >= 15 is 0 Å². The molecule has 0 fully saturated rings. The summed E-state index contributed by atoms with van der Waals surface area (Å²) in [5.41, 5.74) is 1.01. The fraction of sp³-hybridized carbons (Fsp3) is 0.500. The molecule has 0 radical (unpaired) electrons. The van der Waals surface area contributed by atoms with Gasteiger partial charge in [-0.25, -0.2) is 0 Å². The topological polar surface area (TPSA) is 30.7 Å². The standard InChI is InChI=1S/C14H21NO2/c1-3-15(4-2)10-11-17-14(16)12-13-8-6-5-7-9-13/h5-9H,3-4,10-12H2,1-2H3/p+1.